The zero-order chi connectivity index (χ0) is 12.4. The number of hydrogen-bond acceptors (Lipinski definition) is 2. The predicted molar refractivity (Wildman–Crippen MR) is 64.2 cm³/mol. The van der Waals surface area contributed by atoms with E-state index in [1.165, 1.54) is 0 Å². The molecule has 0 bridgehead atoms. The molecule has 0 aromatic carbocycles. The summed E-state index contributed by atoms with van der Waals surface area (Å²) < 4.78 is 0. The fourth-order valence-corrected chi connectivity index (χ4v) is 1.30. The van der Waals surface area contributed by atoms with E-state index in [0.717, 1.165) is 12.8 Å². The summed E-state index contributed by atoms with van der Waals surface area (Å²) in [6.45, 7) is 9.02. The fourth-order valence-electron chi connectivity index (χ4n) is 1.30. The molecule has 0 aromatic rings. The minimum Gasteiger partial charge on any atom is -0.396 e. The molecule has 1 aliphatic carbocycles. The average molecular weight is 228 g/mol. The molecule has 1 fully saturated rings. The van der Waals surface area contributed by atoms with Gasteiger partial charge in [-0.1, -0.05) is 20.8 Å². The van der Waals surface area contributed by atoms with Crippen molar-refractivity contribution in [2.24, 2.45) is 10.8 Å². The van der Waals surface area contributed by atoms with Crippen LogP contribution in [0.4, 0.5) is 4.79 Å². The lowest BCUT2D eigenvalue weighted by atomic mass is 9.88. The summed E-state index contributed by atoms with van der Waals surface area (Å²) in [6, 6.07) is -0.0149. The maximum absolute atomic E-state index is 11.6. The van der Waals surface area contributed by atoms with Gasteiger partial charge in [-0.05, 0) is 25.2 Å². The molecular formula is C12H24N2O2. The maximum atomic E-state index is 11.6. The van der Waals surface area contributed by atoms with E-state index in [4.69, 9.17) is 5.11 Å². The summed E-state index contributed by atoms with van der Waals surface area (Å²) in [7, 11) is 0. The lowest BCUT2D eigenvalue weighted by Gasteiger charge is -2.28. The van der Waals surface area contributed by atoms with Gasteiger partial charge in [0.2, 0.25) is 0 Å². The lowest BCUT2D eigenvalue weighted by molar-refractivity contribution is 0.198. The molecule has 4 nitrogen and oxygen atoms in total. The van der Waals surface area contributed by atoms with E-state index in [1.54, 1.807) is 0 Å². The van der Waals surface area contributed by atoms with Crippen molar-refractivity contribution in [3.8, 4) is 0 Å². The first kappa shape index (κ1) is 13.3. The summed E-state index contributed by atoms with van der Waals surface area (Å²) in [5.41, 5.74) is 0.0356. The number of carbonyl (C=O) groups excluding carboxylic acids is 1. The first-order valence-electron chi connectivity index (χ1n) is 5.94. The molecule has 1 saturated carbocycles. The van der Waals surface area contributed by atoms with Crippen LogP contribution in [0.5, 0.6) is 0 Å². The molecule has 3 N–H and O–H groups in total. The Morgan fingerprint density at radius 2 is 2.00 bits per heavy atom. The number of nitrogens with one attached hydrogen (secondary N) is 2. The van der Waals surface area contributed by atoms with Crippen LogP contribution in [0.15, 0.2) is 0 Å². The molecular weight excluding hydrogens is 204 g/mol. The molecule has 1 aliphatic rings. The van der Waals surface area contributed by atoms with Crippen molar-refractivity contribution in [1.82, 2.24) is 10.6 Å². The van der Waals surface area contributed by atoms with Crippen LogP contribution in [0.25, 0.3) is 0 Å². The number of amides is 2. The Labute approximate surface area is 97.8 Å². The van der Waals surface area contributed by atoms with Crippen molar-refractivity contribution in [2.75, 3.05) is 13.2 Å². The normalized spacial score (nSPS) is 20.1. The highest BCUT2D eigenvalue weighted by molar-refractivity contribution is 5.74. The molecule has 4 heteroatoms. The standard InChI is InChI=1S/C12H24N2O2/c1-9(11(2,3)4)14-10(16)13-7-12(8-15)5-6-12/h9,15H,5-8H2,1-4H3,(H2,13,14,16). The molecule has 0 heterocycles. The van der Waals surface area contributed by atoms with Crippen molar-refractivity contribution >= 4 is 6.03 Å². The smallest absolute Gasteiger partial charge is 0.315 e. The van der Waals surface area contributed by atoms with Crippen LogP contribution in [0.1, 0.15) is 40.5 Å². The third-order valence-corrected chi connectivity index (χ3v) is 3.56. The zero-order valence-electron chi connectivity index (χ0n) is 10.8. The molecule has 0 aliphatic heterocycles. The molecule has 0 radical (unpaired) electrons. The van der Waals surface area contributed by atoms with E-state index in [0.29, 0.717) is 6.54 Å². The second kappa shape index (κ2) is 4.62. The molecule has 0 aromatic heterocycles. The average Bonchev–Trinajstić information content (AvgIpc) is 2.94. The van der Waals surface area contributed by atoms with Gasteiger partial charge in [0.05, 0.1) is 6.61 Å². The summed E-state index contributed by atoms with van der Waals surface area (Å²) in [5, 5.41) is 14.9. The Morgan fingerprint density at radius 3 is 2.38 bits per heavy atom. The summed E-state index contributed by atoms with van der Waals surface area (Å²) in [4.78, 5) is 11.6. The minimum absolute atomic E-state index is 0.0255. The van der Waals surface area contributed by atoms with Crippen molar-refractivity contribution in [3.05, 3.63) is 0 Å². The van der Waals surface area contributed by atoms with E-state index < -0.39 is 0 Å². The number of hydrogen-bond donors (Lipinski definition) is 3. The van der Waals surface area contributed by atoms with Gasteiger partial charge < -0.3 is 15.7 Å². The highest BCUT2D eigenvalue weighted by Gasteiger charge is 2.42. The lowest BCUT2D eigenvalue weighted by Crippen LogP contribution is -2.47. The van der Waals surface area contributed by atoms with Crippen molar-refractivity contribution in [1.29, 1.82) is 0 Å². The van der Waals surface area contributed by atoms with Gasteiger partial charge in [0.25, 0.3) is 0 Å². The van der Waals surface area contributed by atoms with Crippen molar-refractivity contribution in [3.63, 3.8) is 0 Å². The molecule has 0 saturated heterocycles. The molecule has 1 atom stereocenters. The van der Waals surface area contributed by atoms with Crippen LogP contribution in [0, 0.1) is 10.8 Å². The van der Waals surface area contributed by atoms with Gasteiger partial charge in [0.1, 0.15) is 0 Å². The quantitative estimate of drug-likeness (QED) is 0.682. The Hall–Kier alpha value is -0.770. The van der Waals surface area contributed by atoms with Gasteiger partial charge in [0, 0.05) is 18.0 Å². The van der Waals surface area contributed by atoms with Gasteiger partial charge in [-0.2, -0.15) is 0 Å². The molecule has 1 unspecified atom stereocenters. The van der Waals surface area contributed by atoms with Gasteiger partial charge >= 0.3 is 6.03 Å². The number of aliphatic hydroxyl groups is 1. The van der Waals surface area contributed by atoms with E-state index in [2.05, 4.69) is 31.4 Å². The second-order valence-electron chi connectivity index (χ2n) is 6.07. The SMILES string of the molecule is CC(NC(=O)NCC1(CO)CC1)C(C)(C)C. The number of urea groups is 1. The van der Waals surface area contributed by atoms with Gasteiger partial charge in [-0.3, -0.25) is 0 Å². The predicted octanol–water partition coefficient (Wildman–Crippen LogP) is 1.49. The second-order valence-corrected chi connectivity index (χ2v) is 6.07. The first-order chi connectivity index (χ1) is 7.29. The first-order valence-corrected chi connectivity index (χ1v) is 5.94. The summed E-state index contributed by atoms with van der Waals surface area (Å²) in [5.74, 6) is 0. The Morgan fingerprint density at radius 1 is 1.44 bits per heavy atom. The van der Waals surface area contributed by atoms with Gasteiger partial charge in [-0.25, -0.2) is 4.79 Å². The van der Waals surface area contributed by atoms with Gasteiger partial charge in [-0.15, -0.1) is 0 Å². The number of carbonyl (C=O) groups is 1. The summed E-state index contributed by atoms with van der Waals surface area (Å²) >= 11 is 0. The summed E-state index contributed by atoms with van der Waals surface area (Å²) in [6.07, 6.45) is 2.03. The Balaban J connectivity index is 2.26. The van der Waals surface area contributed by atoms with Crippen LogP contribution < -0.4 is 10.6 Å². The molecule has 0 spiro atoms. The molecule has 1 rings (SSSR count). The topological polar surface area (TPSA) is 61.4 Å². The largest absolute Gasteiger partial charge is 0.396 e. The number of aliphatic hydroxyl groups excluding tert-OH is 1. The van der Waals surface area contributed by atoms with Crippen LogP contribution in [0.2, 0.25) is 0 Å². The third-order valence-electron chi connectivity index (χ3n) is 3.56. The molecule has 16 heavy (non-hydrogen) atoms. The molecule has 2 amide bonds. The van der Waals surface area contributed by atoms with E-state index >= 15 is 0 Å². The van der Waals surface area contributed by atoms with Crippen LogP contribution >= 0.6 is 0 Å². The minimum atomic E-state index is -0.137. The molecule has 94 valence electrons. The fraction of sp³-hybridized carbons (Fsp3) is 0.917. The Bertz CT molecular complexity index is 254. The van der Waals surface area contributed by atoms with Crippen molar-refractivity contribution < 1.29 is 9.90 Å². The van der Waals surface area contributed by atoms with Crippen LogP contribution in [0.3, 0.4) is 0 Å². The highest BCUT2D eigenvalue weighted by Crippen LogP contribution is 2.44. The van der Waals surface area contributed by atoms with Crippen LogP contribution in [-0.2, 0) is 0 Å². The maximum Gasteiger partial charge on any atom is 0.315 e. The highest BCUT2D eigenvalue weighted by atomic mass is 16.3. The number of rotatable bonds is 4. The van der Waals surface area contributed by atoms with E-state index in [1.807, 2.05) is 6.92 Å². The van der Waals surface area contributed by atoms with E-state index in [9.17, 15) is 4.79 Å². The monoisotopic (exact) mass is 228 g/mol. The van der Waals surface area contributed by atoms with Gasteiger partial charge in [0.15, 0.2) is 0 Å². The zero-order valence-corrected chi connectivity index (χ0v) is 10.8. The van der Waals surface area contributed by atoms with Crippen LogP contribution in [-0.4, -0.2) is 30.3 Å². The van der Waals surface area contributed by atoms with E-state index in [-0.39, 0.29) is 29.5 Å². The van der Waals surface area contributed by atoms with Crippen molar-refractivity contribution in [2.45, 2.75) is 46.6 Å². The third kappa shape index (κ3) is 3.67. The Kier molecular flexibility index (Phi) is 3.84.